The van der Waals surface area contributed by atoms with Gasteiger partial charge in [0, 0.05) is 4.47 Å². The van der Waals surface area contributed by atoms with E-state index >= 15 is 0 Å². The largest absolute Gasteiger partial charge is 0.497 e. The Morgan fingerprint density at radius 1 is 1.10 bits per heavy atom. The summed E-state index contributed by atoms with van der Waals surface area (Å²) in [5.41, 5.74) is 5.03. The molecule has 0 fully saturated rings. The van der Waals surface area contributed by atoms with Crippen LogP contribution in [0.4, 0.5) is 0 Å². The number of benzene rings is 2. The van der Waals surface area contributed by atoms with E-state index in [-0.39, 0.29) is 6.04 Å². The topological polar surface area (TPSA) is 21.3 Å². The molecule has 0 radical (unpaired) electrons. The summed E-state index contributed by atoms with van der Waals surface area (Å²) in [5.74, 6) is 0.898. The van der Waals surface area contributed by atoms with Crippen molar-refractivity contribution < 1.29 is 4.74 Å². The molecular formula is C18H22BrNO. The van der Waals surface area contributed by atoms with Crippen molar-refractivity contribution in [3.05, 3.63) is 63.1 Å². The van der Waals surface area contributed by atoms with Gasteiger partial charge in [0.2, 0.25) is 0 Å². The predicted octanol–water partition coefficient (Wildman–Crippen LogP) is 4.77. The third-order valence-electron chi connectivity index (χ3n) is 3.66. The van der Waals surface area contributed by atoms with Crippen LogP contribution in [0.2, 0.25) is 0 Å². The maximum atomic E-state index is 5.31. The summed E-state index contributed by atoms with van der Waals surface area (Å²) in [6.45, 7) is 7.28. The molecule has 0 aliphatic heterocycles. The highest BCUT2D eigenvalue weighted by atomic mass is 79.9. The van der Waals surface area contributed by atoms with Crippen molar-refractivity contribution in [2.45, 2.75) is 26.8 Å². The van der Waals surface area contributed by atoms with E-state index in [1.165, 1.54) is 22.3 Å². The van der Waals surface area contributed by atoms with Crippen LogP contribution in [0.25, 0.3) is 0 Å². The van der Waals surface area contributed by atoms with Crippen molar-refractivity contribution >= 4 is 15.9 Å². The molecule has 0 aliphatic rings. The summed E-state index contributed by atoms with van der Waals surface area (Å²) < 4.78 is 6.45. The lowest BCUT2D eigenvalue weighted by Crippen LogP contribution is -2.23. The summed E-state index contributed by atoms with van der Waals surface area (Å²) in [4.78, 5) is 0. The van der Waals surface area contributed by atoms with Crippen LogP contribution < -0.4 is 10.1 Å². The Balaban J connectivity index is 2.48. The molecule has 0 heterocycles. The lowest BCUT2D eigenvalue weighted by molar-refractivity contribution is 0.414. The maximum absolute atomic E-state index is 5.31. The standard InChI is InChI=1S/C18H22BrNO/c1-5-20-18(16-8-6-12(2)10-17(16)19)15-9-7-14(21-4)11-13(15)3/h6-11,18,20H,5H2,1-4H3. The lowest BCUT2D eigenvalue weighted by atomic mass is 9.94. The maximum Gasteiger partial charge on any atom is 0.119 e. The quantitative estimate of drug-likeness (QED) is 0.840. The second-order valence-corrected chi connectivity index (χ2v) is 6.09. The summed E-state index contributed by atoms with van der Waals surface area (Å²) >= 11 is 3.70. The van der Waals surface area contributed by atoms with Gasteiger partial charge < -0.3 is 10.1 Å². The summed E-state index contributed by atoms with van der Waals surface area (Å²) in [6, 6.07) is 12.9. The van der Waals surface area contributed by atoms with Crippen LogP contribution in [0.1, 0.15) is 35.2 Å². The fourth-order valence-corrected chi connectivity index (χ4v) is 3.28. The molecule has 2 nitrogen and oxygen atoms in total. The van der Waals surface area contributed by atoms with E-state index in [9.17, 15) is 0 Å². The van der Waals surface area contributed by atoms with Gasteiger partial charge in [0.15, 0.2) is 0 Å². The van der Waals surface area contributed by atoms with Crippen molar-refractivity contribution in [3.63, 3.8) is 0 Å². The number of halogens is 1. The van der Waals surface area contributed by atoms with Gasteiger partial charge >= 0.3 is 0 Å². The first kappa shape index (κ1) is 16.1. The van der Waals surface area contributed by atoms with Crippen LogP contribution in [-0.4, -0.2) is 13.7 Å². The molecule has 21 heavy (non-hydrogen) atoms. The molecule has 2 aromatic carbocycles. The molecule has 2 rings (SSSR count). The molecule has 112 valence electrons. The van der Waals surface area contributed by atoms with E-state index in [1.54, 1.807) is 7.11 Å². The number of ether oxygens (including phenoxy) is 1. The molecule has 0 spiro atoms. The third kappa shape index (κ3) is 3.66. The van der Waals surface area contributed by atoms with Gasteiger partial charge in [0.1, 0.15) is 5.75 Å². The Bertz CT molecular complexity index is 625. The van der Waals surface area contributed by atoms with Crippen molar-refractivity contribution in [3.8, 4) is 5.75 Å². The fraction of sp³-hybridized carbons (Fsp3) is 0.333. The average Bonchev–Trinajstić information content (AvgIpc) is 2.46. The molecule has 0 amide bonds. The number of aryl methyl sites for hydroxylation is 2. The zero-order chi connectivity index (χ0) is 15.4. The summed E-state index contributed by atoms with van der Waals surface area (Å²) in [5, 5.41) is 3.58. The highest BCUT2D eigenvalue weighted by Crippen LogP contribution is 2.32. The first-order chi connectivity index (χ1) is 10.1. The van der Waals surface area contributed by atoms with Gasteiger partial charge in [0.05, 0.1) is 13.2 Å². The van der Waals surface area contributed by atoms with Crippen molar-refractivity contribution in [1.29, 1.82) is 0 Å². The summed E-state index contributed by atoms with van der Waals surface area (Å²) in [6.07, 6.45) is 0. The molecule has 0 saturated carbocycles. The molecule has 0 aromatic heterocycles. The second-order valence-electron chi connectivity index (χ2n) is 5.24. The molecule has 0 saturated heterocycles. The zero-order valence-electron chi connectivity index (χ0n) is 13.0. The van der Waals surface area contributed by atoms with E-state index in [0.717, 1.165) is 16.8 Å². The normalized spacial score (nSPS) is 12.2. The Labute approximate surface area is 135 Å². The predicted molar refractivity (Wildman–Crippen MR) is 92.1 cm³/mol. The first-order valence-corrected chi connectivity index (χ1v) is 8.00. The van der Waals surface area contributed by atoms with E-state index in [1.807, 2.05) is 6.07 Å². The van der Waals surface area contributed by atoms with Gasteiger partial charge in [0.25, 0.3) is 0 Å². The average molecular weight is 348 g/mol. The van der Waals surface area contributed by atoms with Gasteiger partial charge in [-0.3, -0.25) is 0 Å². The number of hydrogen-bond donors (Lipinski definition) is 1. The van der Waals surface area contributed by atoms with Gasteiger partial charge in [-0.25, -0.2) is 0 Å². The van der Waals surface area contributed by atoms with Crippen molar-refractivity contribution in [2.24, 2.45) is 0 Å². The minimum Gasteiger partial charge on any atom is -0.497 e. The van der Waals surface area contributed by atoms with Crippen molar-refractivity contribution in [1.82, 2.24) is 5.32 Å². The molecular weight excluding hydrogens is 326 g/mol. The van der Waals surface area contributed by atoms with E-state index in [4.69, 9.17) is 4.74 Å². The highest BCUT2D eigenvalue weighted by Gasteiger charge is 2.18. The van der Waals surface area contributed by atoms with Gasteiger partial charge in [-0.2, -0.15) is 0 Å². The molecule has 1 unspecified atom stereocenters. The SMILES string of the molecule is CCNC(c1ccc(OC)cc1C)c1ccc(C)cc1Br. The molecule has 1 N–H and O–H groups in total. The minimum absolute atomic E-state index is 0.177. The smallest absolute Gasteiger partial charge is 0.119 e. The van der Waals surface area contributed by atoms with Gasteiger partial charge in [-0.1, -0.05) is 41.1 Å². The molecule has 1 atom stereocenters. The molecule has 2 aromatic rings. The third-order valence-corrected chi connectivity index (χ3v) is 4.35. The van der Waals surface area contributed by atoms with E-state index < -0.39 is 0 Å². The zero-order valence-corrected chi connectivity index (χ0v) is 14.6. The van der Waals surface area contributed by atoms with Crippen molar-refractivity contribution in [2.75, 3.05) is 13.7 Å². The van der Waals surface area contributed by atoms with Crippen LogP contribution in [0, 0.1) is 13.8 Å². The van der Waals surface area contributed by atoms with Crippen LogP contribution in [-0.2, 0) is 0 Å². The van der Waals surface area contributed by atoms with Gasteiger partial charge in [-0.05, 0) is 60.8 Å². The summed E-state index contributed by atoms with van der Waals surface area (Å²) in [7, 11) is 1.70. The van der Waals surface area contributed by atoms with Crippen LogP contribution in [0.3, 0.4) is 0 Å². The molecule has 3 heteroatoms. The number of methoxy groups -OCH3 is 1. The number of rotatable bonds is 5. The van der Waals surface area contributed by atoms with E-state index in [2.05, 4.69) is 72.3 Å². The minimum atomic E-state index is 0.177. The molecule has 0 aliphatic carbocycles. The lowest BCUT2D eigenvalue weighted by Gasteiger charge is -2.23. The Morgan fingerprint density at radius 2 is 1.81 bits per heavy atom. The number of hydrogen-bond acceptors (Lipinski definition) is 2. The van der Waals surface area contributed by atoms with Crippen LogP contribution >= 0.6 is 15.9 Å². The van der Waals surface area contributed by atoms with Gasteiger partial charge in [-0.15, -0.1) is 0 Å². The van der Waals surface area contributed by atoms with E-state index in [0.29, 0.717) is 0 Å². The highest BCUT2D eigenvalue weighted by molar-refractivity contribution is 9.10. The fourth-order valence-electron chi connectivity index (χ4n) is 2.56. The monoisotopic (exact) mass is 347 g/mol. The Kier molecular flexibility index (Phi) is 5.43. The second kappa shape index (κ2) is 7.10. The van der Waals surface area contributed by atoms with Crippen LogP contribution in [0.5, 0.6) is 5.75 Å². The molecule has 0 bridgehead atoms. The van der Waals surface area contributed by atoms with Crippen LogP contribution in [0.15, 0.2) is 40.9 Å². The Morgan fingerprint density at radius 3 is 2.38 bits per heavy atom. The first-order valence-electron chi connectivity index (χ1n) is 7.20. The number of nitrogens with one attached hydrogen (secondary N) is 1. The Hall–Kier alpha value is -1.32.